The van der Waals surface area contributed by atoms with E-state index in [1.54, 1.807) is 0 Å². The Morgan fingerprint density at radius 2 is 2.33 bits per heavy atom. The van der Waals surface area contributed by atoms with Crippen molar-refractivity contribution in [3.05, 3.63) is 23.2 Å². The maximum Gasteiger partial charge on any atom is 0.166 e. The molecule has 0 unspecified atom stereocenters. The summed E-state index contributed by atoms with van der Waals surface area (Å²) in [6, 6.07) is 0. The normalized spacial score (nSPS) is 17.3. The van der Waals surface area contributed by atoms with Gasteiger partial charge >= 0.3 is 0 Å². The Balaban J connectivity index is 3.03. The van der Waals surface area contributed by atoms with Gasteiger partial charge in [0.2, 0.25) is 0 Å². The highest BCUT2D eigenvalue weighted by Gasteiger charge is 2.19. The van der Waals surface area contributed by atoms with Crippen LogP contribution in [-0.4, -0.2) is 18.0 Å². The molecule has 0 aromatic rings. The average Bonchev–Trinajstić information content (AvgIpc) is 2.03. The van der Waals surface area contributed by atoms with E-state index in [1.165, 1.54) is 14.0 Å². The van der Waals surface area contributed by atoms with Gasteiger partial charge in [-0.2, -0.15) is 0 Å². The quantitative estimate of drug-likeness (QED) is 0.682. The maximum atomic E-state index is 11.0. The molecule has 1 aliphatic carbocycles. The lowest BCUT2D eigenvalue weighted by molar-refractivity contribution is -0.113. The van der Waals surface area contributed by atoms with E-state index in [9.17, 15) is 9.90 Å². The highest BCUT2D eigenvalue weighted by Crippen LogP contribution is 2.24. The SMILES string of the molecule is COC1=CCCC(O)=C1C(C)=O. The molecule has 12 heavy (non-hydrogen) atoms. The molecule has 0 atom stereocenters. The van der Waals surface area contributed by atoms with Crippen molar-refractivity contribution in [2.75, 3.05) is 7.11 Å². The number of rotatable bonds is 2. The number of hydrogen-bond acceptors (Lipinski definition) is 3. The summed E-state index contributed by atoms with van der Waals surface area (Å²) in [4.78, 5) is 11.0. The minimum Gasteiger partial charge on any atom is -0.511 e. The van der Waals surface area contributed by atoms with E-state index in [2.05, 4.69) is 0 Å². The standard InChI is InChI=1S/C9H12O3/c1-6(10)9-7(11)4-3-5-8(9)12-2/h5,11H,3-4H2,1-2H3. The third-order valence-corrected chi connectivity index (χ3v) is 1.82. The van der Waals surface area contributed by atoms with Crippen molar-refractivity contribution in [2.45, 2.75) is 19.8 Å². The van der Waals surface area contributed by atoms with Gasteiger partial charge in [-0.25, -0.2) is 0 Å². The number of carbonyl (C=O) groups is 1. The summed E-state index contributed by atoms with van der Waals surface area (Å²) in [5.41, 5.74) is 0.323. The van der Waals surface area contributed by atoms with Gasteiger partial charge in [0.05, 0.1) is 12.7 Å². The molecule has 1 rings (SSSR count). The van der Waals surface area contributed by atoms with Crippen molar-refractivity contribution in [3.63, 3.8) is 0 Å². The number of ether oxygens (including phenoxy) is 1. The summed E-state index contributed by atoms with van der Waals surface area (Å²) in [6.07, 6.45) is 3.07. The first-order valence-electron chi connectivity index (χ1n) is 3.84. The fraction of sp³-hybridized carbons (Fsp3) is 0.444. The molecule has 0 heterocycles. The van der Waals surface area contributed by atoms with Crippen LogP contribution in [0.15, 0.2) is 23.2 Å². The van der Waals surface area contributed by atoms with Crippen LogP contribution < -0.4 is 0 Å². The van der Waals surface area contributed by atoms with Crippen LogP contribution in [0.4, 0.5) is 0 Å². The zero-order valence-corrected chi connectivity index (χ0v) is 7.26. The number of carbonyl (C=O) groups excluding carboxylic acids is 1. The van der Waals surface area contributed by atoms with Crippen molar-refractivity contribution in [2.24, 2.45) is 0 Å². The number of aliphatic hydroxyl groups is 1. The van der Waals surface area contributed by atoms with E-state index >= 15 is 0 Å². The van der Waals surface area contributed by atoms with Gasteiger partial charge in [-0.05, 0) is 19.4 Å². The highest BCUT2D eigenvalue weighted by atomic mass is 16.5. The summed E-state index contributed by atoms with van der Waals surface area (Å²) < 4.78 is 4.96. The molecule has 66 valence electrons. The van der Waals surface area contributed by atoms with E-state index in [0.717, 1.165) is 6.42 Å². The molecule has 3 nitrogen and oxygen atoms in total. The number of allylic oxidation sites excluding steroid dienone is 3. The Hall–Kier alpha value is -1.25. The summed E-state index contributed by atoms with van der Waals surface area (Å²) in [6.45, 7) is 1.42. The second-order valence-corrected chi connectivity index (χ2v) is 2.69. The zero-order valence-electron chi connectivity index (χ0n) is 7.26. The van der Waals surface area contributed by atoms with Crippen molar-refractivity contribution >= 4 is 5.78 Å². The number of aliphatic hydroxyl groups excluding tert-OH is 1. The van der Waals surface area contributed by atoms with Crippen LogP contribution in [0, 0.1) is 0 Å². The largest absolute Gasteiger partial charge is 0.511 e. The Bertz CT molecular complexity index is 261. The van der Waals surface area contributed by atoms with Gasteiger partial charge in [0.15, 0.2) is 5.78 Å². The molecule has 1 aliphatic rings. The smallest absolute Gasteiger partial charge is 0.166 e. The zero-order chi connectivity index (χ0) is 9.14. The van der Waals surface area contributed by atoms with Crippen LogP contribution in [0.2, 0.25) is 0 Å². The molecule has 0 aliphatic heterocycles. The van der Waals surface area contributed by atoms with Crippen LogP contribution in [0.5, 0.6) is 0 Å². The van der Waals surface area contributed by atoms with Gasteiger partial charge in [0, 0.05) is 6.42 Å². The predicted molar refractivity (Wildman–Crippen MR) is 44.7 cm³/mol. The molecule has 0 aromatic carbocycles. The van der Waals surface area contributed by atoms with Crippen molar-refractivity contribution in [1.29, 1.82) is 0 Å². The lowest BCUT2D eigenvalue weighted by atomic mass is 10.0. The second-order valence-electron chi connectivity index (χ2n) is 2.69. The molecule has 0 saturated carbocycles. The van der Waals surface area contributed by atoms with Crippen LogP contribution in [0.25, 0.3) is 0 Å². The van der Waals surface area contributed by atoms with Gasteiger partial charge in [-0.1, -0.05) is 0 Å². The van der Waals surface area contributed by atoms with Crippen LogP contribution >= 0.6 is 0 Å². The van der Waals surface area contributed by atoms with Crippen molar-refractivity contribution < 1.29 is 14.6 Å². The lowest BCUT2D eigenvalue weighted by Crippen LogP contribution is -2.09. The highest BCUT2D eigenvalue weighted by molar-refractivity contribution is 5.97. The number of methoxy groups -OCH3 is 1. The molecule has 0 bridgehead atoms. The Morgan fingerprint density at radius 3 is 2.75 bits per heavy atom. The predicted octanol–water partition coefficient (Wildman–Crippen LogP) is 1.71. The molecule has 0 aromatic heterocycles. The summed E-state index contributed by atoms with van der Waals surface area (Å²) in [5, 5.41) is 9.38. The minimum absolute atomic E-state index is 0.141. The fourth-order valence-electron chi connectivity index (χ4n) is 1.27. The van der Waals surface area contributed by atoms with Crippen LogP contribution in [0.3, 0.4) is 0 Å². The summed E-state index contributed by atoms with van der Waals surface area (Å²) in [7, 11) is 1.49. The Kier molecular flexibility index (Phi) is 2.53. The monoisotopic (exact) mass is 168 g/mol. The topological polar surface area (TPSA) is 46.5 Å². The third-order valence-electron chi connectivity index (χ3n) is 1.82. The minimum atomic E-state index is -0.152. The molecule has 1 N–H and O–H groups in total. The maximum absolute atomic E-state index is 11.0. The van der Waals surface area contributed by atoms with Crippen molar-refractivity contribution in [3.8, 4) is 0 Å². The number of hydrogen-bond donors (Lipinski definition) is 1. The number of ketones is 1. The molecule has 0 radical (unpaired) electrons. The Morgan fingerprint density at radius 1 is 1.67 bits per heavy atom. The molecule has 0 saturated heterocycles. The van der Waals surface area contributed by atoms with Gasteiger partial charge in [0.25, 0.3) is 0 Å². The molecular formula is C9H12O3. The molecule has 3 heteroatoms. The number of Topliss-reactive ketones (excluding diaryl/α,β-unsaturated/α-hetero) is 1. The average molecular weight is 168 g/mol. The first-order chi connectivity index (χ1) is 5.66. The van der Waals surface area contributed by atoms with Gasteiger partial charge in [-0.15, -0.1) is 0 Å². The van der Waals surface area contributed by atoms with Crippen LogP contribution in [-0.2, 0) is 9.53 Å². The Labute approximate surface area is 71.3 Å². The summed E-state index contributed by atoms with van der Waals surface area (Å²) in [5.74, 6) is 0.480. The molecule has 0 fully saturated rings. The van der Waals surface area contributed by atoms with E-state index in [0.29, 0.717) is 17.8 Å². The third kappa shape index (κ3) is 1.49. The second kappa shape index (κ2) is 3.43. The lowest BCUT2D eigenvalue weighted by Gasteiger charge is -2.14. The molecular weight excluding hydrogens is 156 g/mol. The van der Waals surface area contributed by atoms with E-state index in [4.69, 9.17) is 4.74 Å². The van der Waals surface area contributed by atoms with E-state index < -0.39 is 0 Å². The first kappa shape index (κ1) is 8.84. The van der Waals surface area contributed by atoms with E-state index in [1.807, 2.05) is 6.08 Å². The molecule has 0 spiro atoms. The van der Waals surface area contributed by atoms with Crippen LogP contribution in [0.1, 0.15) is 19.8 Å². The summed E-state index contributed by atoms with van der Waals surface area (Å²) >= 11 is 0. The van der Waals surface area contributed by atoms with E-state index in [-0.39, 0.29) is 11.5 Å². The fourth-order valence-corrected chi connectivity index (χ4v) is 1.27. The first-order valence-corrected chi connectivity index (χ1v) is 3.84. The van der Waals surface area contributed by atoms with Gasteiger partial charge < -0.3 is 9.84 Å². The van der Waals surface area contributed by atoms with Crippen molar-refractivity contribution in [1.82, 2.24) is 0 Å². The van der Waals surface area contributed by atoms with Gasteiger partial charge in [0.1, 0.15) is 11.5 Å². The van der Waals surface area contributed by atoms with Gasteiger partial charge in [-0.3, -0.25) is 4.79 Å². The molecule has 0 amide bonds.